The van der Waals surface area contributed by atoms with E-state index in [1.807, 2.05) is 12.1 Å². The Morgan fingerprint density at radius 2 is 1.77 bits per heavy atom. The Morgan fingerprint density at radius 1 is 1.06 bits per heavy atom. The van der Waals surface area contributed by atoms with Crippen molar-refractivity contribution in [2.45, 2.75) is 31.1 Å². The van der Waals surface area contributed by atoms with E-state index in [1.54, 1.807) is 36.4 Å². The molecule has 0 bridgehead atoms. The average molecular weight is 457 g/mol. The lowest BCUT2D eigenvalue weighted by Crippen LogP contribution is -2.16. The van der Waals surface area contributed by atoms with Crippen LogP contribution in [-0.2, 0) is 15.4 Å². The van der Waals surface area contributed by atoms with Gasteiger partial charge in [0.1, 0.15) is 5.52 Å². The van der Waals surface area contributed by atoms with Crippen molar-refractivity contribution in [2.75, 3.05) is 10.5 Å². The third-order valence-corrected chi connectivity index (χ3v) is 6.47. The number of pyridine rings is 1. The van der Waals surface area contributed by atoms with E-state index in [4.69, 9.17) is 17.3 Å². The first-order valence-electron chi connectivity index (χ1n) is 9.45. The number of nitrogen functional groups attached to an aromatic ring is 1. The zero-order chi connectivity index (χ0) is 22.4. The summed E-state index contributed by atoms with van der Waals surface area (Å²) in [6, 6.07) is 13.3. The van der Waals surface area contributed by atoms with Crippen molar-refractivity contribution in [2.24, 2.45) is 0 Å². The molecule has 3 N–H and O–H groups in total. The van der Waals surface area contributed by atoms with Crippen LogP contribution >= 0.6 is 11.6 Å². The Kier molecular flexibility index (Phi) is 5.10. The first kappa shape index (κ1) is 21.1. The van der Waals surface area contributed by atoms with Gasteiger partial charge in [-0.2, -0.15) is 0 Å². The molecule has 0 aliphatic rings. The van der Waals surface area contributed by atoms with Crippen molar-refractivity contribution in [1.29, 1.82) is 0 Å². The molecule has 0 fully saturated rings. The van der Waals surface area contributed by atoms with Crippen LogP contribution in [0.5, 0.6) is 0 Å². The summed E-state index contributed by atoms with van der Waals surface area (Å²) in [5, 5.41) is 8.60. The molecular formula is C21H21ClN6O2S. The number of nitrogens with two attached hydrogens (primary N) is 1. The van der Waals surface area contributed by atoms with Crippen molar-refractivity contribution in [3.63, 3.8) is 0 Å². The molecule has 0 radical (unpaired) electrons. The summed E-state index contributed by atoms with van der Waals surface area (Å²) in [5.41, 5.74) is 8.53. The monoisotopic (exact) mass is 456 g/mol. The molecule has 4 rings (SSSR count). The highest BCUT2D eigenvalue weighted by molar-refractivity contribution is 7.92. The normalized spacial score (nSPS) is 12.3. The molecule has 0 unspecified atom stereocenters. The number of nitrogens with one attached hydrogen (secondary N) is 1. The molecule has 0 aliphatic heterocycles. The summed E-state index contributed by atoms with van der Waals surface area (Å²) in [6.45, 7) is 6.21. The molecule has 0 aliphatic carbocycles. The molecule has 2 heterocycles. The molecule has 4 aromatic rings. The summed E-state index contributed by atoms with van der Waals surface area (Å²) in [5.74, 6) is 0.229. The van der Waals surface area contributed by atoms with Gasteiger partial charge >= 0.3 is 0 Å². The smallest absolute Gasteiger partial charge is 0.261 e. The van der Waals surface area contributed by atoms with Crippen molar-refractivity contribution in [3.05, 3.63) is 65.3 Å². The minimum atomic E-state index is -3.86. The second-order valence-electron chi connectivity index (χ2n) is 8.11. The third-order valence-electron chi connectivity index (χ3n) is 4.86. The van der Waals surface area contributed by atoms with Crippen LogP contribution in [0.25, 0.3) is 16.7 Å². The lowest BCUT2D eigenvalue weighted by Gasteiger charge is -2.19. The van der Waals surface area contributed by atoms with Crippen LogP contribution in [0.3, 0.4) is 0 Å². The number of fused-ring (bicyclic) bond motifs is 1. The molecule has 160 valence electrons. The van der Waals surface area contributed by atoms with Crippen molar-refractivity contribution in [1.82, 2.24) is 20.0 Å². The first-order chi connectivity index (χ1) is 14.6. The molecule has 8 nitrogen and oxygen atoms in total. The van der Waals surface area contributed by atoms with Crippen LogP contribution in [0.2, 0.25) is 5.02 Å². The number of rotatable bonds is 4. The van der Waals surface area contributed by atoms with Gasteiger partial charge in [-0.1, -0.05) is 49.7 Å². The number of halogens is 1. The molecule has 0 atom stereocenters. The summed E-state index contributed by atoms with van der Waals surface area (Å²) in [7, 11) is -3.86. The van der Waals surface area contributed by atoms with Gasteiger partial charge in [0.15, 0.2) is 11.3 Å². The highest BCUT2D eigenvalue weighted by Crippen LogP contribution is 2.30. The van der Waals surface area contributed by atoms with Gasteiger partial charge < -0.3 is 5.73 Å². The number of hydrogen-bond donors (Lipinski definition) is 2. The predicted octanol–water partition coefficient (Wildman–Crippen LogP) is 4.15. The molecule has 0 saturated heterocycles. The summed E-state index contributed by atoms with van der Waals surface area (Å²) >= 11 is 6.19. The van der Waals surface area contributed by atoms with E-state index in [2.05, 4.69) is 40.8 Å². The third kappa shape index (κ3) is 4.06. The standard InChI is InChI=1S/C21H21ClN6O2S/c1-21(2,3)13-4-7-15(8-5-13)31(29,30)26-16-9-6-14(22)12-18(16)28-17-10-11-24-20(23)19(17)25-27-28/h4-12,26H,1-3H3,(H2,23,24). The molecule has 2 aromatic heterocycles. The average Bonchev–Trinajstić information content (AvgIpc) is 3.14. The number of benzene rings is 2. The fourth-order valence-electron chi connectivity index (χ4n) is 3.15. The van der Waals surface area contributed by atoms with E-state index in [0.717, 1.165) is 5.56 Å². The van der Waals surface area contributed by atoms with E-state index in [0.29, 0.717) is 27.4 Å². The van der Waals surface area contributed by atoms with Gasteiger partial charge in [0.25, 0.3) is 10.0 Å². The second-order valence-corrected chi connectivity index (χ2v) is 10.2. The lowest BCUT2D eigenvalue weighted by molar-refractivity contribution is 0.587. The van der Waals surface area contributed by atoms with E-state index in [1.165, 1.54) is 10.9 Å². The molecule has 0 amide bonds. The van der Waals surface area contributed by atoms with Gasteiger partial charge in [-0.05, 0) is 47.4 Å². The number of anilines is 2. The van der Waals surface area contributed by atoms with Crippen LogP contribution in [0.15, 0.2) is 59.6 Å². The van der Waals surface area contributed by atoms with Gasteiger partial charge in [-0.3, -0.25) is 4.72 Å². The van der Waals surface area contributed by atoms with E-state index in [-0.39, 0.29) is 16.1 Å². The quantitative estimate of drug-likeness (QED) is 0.476. The van der Waals surface area contributed by atoms with Gasteiger partial charge in [0.05, 0.1) is 16.3 Å². The highest BCUT2D eigenvalue weighted by atomic mass is 35.5. The molecule has 0 spiro atoms. The summed E-state index contributed by atoms with van der Waals surface area (Å²) < 4.78 is 30.2. The van der Waals surface area contributed by atoms with Gasteiger partial charge in [-0.25, -0.2) is 18.1 Å². The van der Waals surface area contributed by atoms with Crippen molar-refractivity contribution >= 4 is 44.2 Å². The van der Waals surface area contributed by atoms with Crippen LogP contribution in [-0.4, -0.2) is 28.4 Å². The molecule has 10 heteroatoms. The van der Waals surface area contributed by atoms with Gasteiger partial charge in [0, 0.05) is 11.2 Å². The van der Waals surface area contributed by atoms with Crippen molar-refractivity contribution in [3.8, 4) is 5.69 Å². The van der Waals surface area contributed by atoms with Crippen LogP contribution in [0, 0.1) is 0 Å². The summed E-state index contributed by atoms with van der Waals surface area (Å²) in [6.07, 6.45) is 1.53. The maximum absolute atomic E-state index is 13.1. The van der Waals surface area contributed by atoms with E-state index < -0.39 is 10.0 Å². The zero-order valence-electron chi connectivity index (χ0n) is 17.2. The largest absolute Gasteiger partial charge is 0.382 e. The number of nitrogens with zero attached hydrogens (tertiary/aromatic N) is 4. The fraction of sp³-hybridized carbons (Fsp3) is 0.190. The van der Waals surface area contributed by atoms with E-state index >= 15 is 0 Å². The summed E-state index contributed by atoms with van der Waals surface area (Å²) in [4.78, 5) is 4.15. The number of aromatic nitrogens is 4. The first-order valence-corrected chi connectivity index (χ1v) is 11.3. The molecular weight excluding hydrogens is 436 g/mol. The van der Waals surface area contributed by atoms with Crippen LogP contribution in [0.4, 0.5) is 11.5 Å². The van der Waals surface area contributed by atoms with Crippen molar-refractivity contribution < 1.29 is 8.42 Å². The van der Waals surface area contributed by atoms with Gasteiger partial charge in [-0.15, -0.1) is 5.10 Å². The Labute approximate surface area is 185 Å². The zero-order valence-corrected chi connectivity index (χ0v) is 18.7. The Bertz CT molecular complexity index is 1380. The number of sulfonamides is 1. The minimum absolute atomic E-state index is 0.0794. The Morgan fingerprint density at radius 3 is 2.45 bits per heavy atom. The van der Waals surface area contributed by atoms with Gasteiger partial charge in [0.2, 0.25) is 0 Å². The maximum atomic E-state index is 13.1. The topological polar surface area (TPSA) is 116 Å². The molecule has 2 aromatic carbocycles. The predicted molar refractivity (Wildman–Crippen MR) is 122 cm³/mol. The maximum Gasteiger partial charge on any atom is 0.261 e. The Balaban J connectivity index is 1.76. The Hall–Kier alpha value is -3.17. The SMILES string of the molecule is CC(C)(C)c1ccc(S(=O)(=O)Nc2ccc(Cl)cc2-n2nnc3c(N)nccc32)cc1. The second kappa shape index (κ2) is 7.51. The molecule has 31 heavy (non-hydrogen) atoms. The lowest BCUT2D eigenvalue weighted by atomic mass is 9.87. The van der Waals surface area contributed by atoms with Crippen LogP contribution < -0.4 is 10.5 Å². The minimum Gasteiger partial charge on any atom is -0.382 e. The highest BCUT2D eigenvalue weighted by Gasteiger charge is 2.21. The fourth-order valence-corrected chi connectivity index (χ4v) is 4.39. The molecule has 0 saturated carbocycles. The number of hydrogen-bond acceptors (Lipinski definition) is 6. The van der Waals surface area contributed by atoms with Crippen LogP contribution in [0.1, 0.15) is 26.3 Å². The van der Waals surface area contributed by atoms with E-state index in [9.17, 15) is 8.42 Å².